The van der Waals surface area contributed by atoms with Gasteiger partial charge in [-0.25, -0.2) is 5.43 Å². The number of rotatable bonds is 16. The minimum Gasteiger partial charge on any atom is -0.508 e. The number of hydrogen-bond donors (Lipinski definition) is 3. The molecule has 0 fully saturated rings. The molecule has 3 N–H and O–H groups in total. The largest absolute Gasteiger partial charge is 0.508 e. The lowest BCUT2D eigenvalue weighted by molar-refractivity contribution is -0.126. The summed E-state index contributed by atoms with van der Waals surface area (Å²) in [5, 5.41) is 15.6. The van der Waals surface area contributed by atoms with E-state index in [1.807, 2.05) is 0 Å². The average molecular weight is 404 g/mol. The molecule has 1 aromatic carbocycles. The normalized spacial score (nSPS) is 10.9. The van der Waals surface area contributed by atoms with Gasteiger partial charge in [-0.05, 0) is 36.2 Å². The number of hydrazone groups is 1. The number of carbonyl (C=O) groups is 2. The molecule has 1 rings (SSSR count). The van der Waals surface area contributed by atoms with Gasteiger partial charge in [0, 0.05) is 6.42 Å². The van der Waals surface area contributed by atoms with Gasteiger partial charge in [-0.15, -0.1) is 0 Å². The Hall–Kier alpha value is -2.37. The van der Waals surface area contributed by atoms with Gasteiger partial charge in [0.25, 0.3) is 5.91 Å². The van der Waals surface area contributed by atoms with Gasteiger partial charge in [0.1, 0.15) is 5.75 Å². The van der Waals surface area contributed by atoms with E-state index in [1.54, 1.807) is 12.1 Å². The summed E-state index contributed by atoms with van der Waals surface area (Å²) in [6, 6.07) is 6.44. The number of unbranched alkanes of at least 4 members (excludes halogenated alkanes) is 10. The number of phenols is 1. The molecule has 29 heavy (non-hydrogen) atoms. The van der Waals surface area contributed by atoms with Crippen LogP contribution in [0.1, 0.15) is 89.5 Å². The Kier molecular flexibility index (Phi) is 14.1. The first-order valence-corrected chi connectivity index (χ1v) is 11.0. The second-order valence-corrected chi connectivity index (χ2v) is 7.45. The molecule has 0 aromatic heterocycles. The van der Waals surface area contributed by atoms with Crippen molar-refractivity contribution in [3.63, 3.8) is 0 Å². The number of aromatic hydroxyl groups is 1. The zero-order valence-electron chi connectivity index (χ0n) is 17.8. The van der Waals surface area contributed by atoms with Gasteiger partial charge in [-0.3, -0.25) is 9.59 Å². The average Bonchev–Trinajstić information content (AvgIpc) is 2.72. The highest BCUT2D eigenvalue weighted by Crippen LogP contribution is 2.12. The lowest BCUT2D eigenvalue weighted by atomic mass is 10.1. The van der Waals surface area contributed by atoms with E-state index in [4.69, 9.17) is 0 Å². The number of nitrogens with one attached hydrogen (secondary N) is 2. The third kappa shape index (κ3) is 14.3. The standard InChI is InChI=1S/C23H37N3O3/c1-2-3-4-5-6-7-8-9-10-11-12-13-22(28)24-19-23(29)26-25-18-20-14-16-21(27)17-15-20/h14-18,27H,2-13,19H2,1H3,(H,24,28)(H,26,29)/b25-18-. The summed E-state index contributed by atoms with van der Waals surface area (Å²) >= 11 is 0. The van der Waals surface area contributed by atoms with Crippen molar-refractivity contribution in [2.75, 3.05) is 6.54 Å². The topological polar surface area (TPSA) is 90.8 Å². The lowest BCUT2D eigenvalue weighted by Crippen LogP contribution is -2.34. The summed E-state index contributed by atoms with van der Waals surface area (Å²) in [6.07, 6.45) is 15.6. The highest BCUT2D eigenvalue weighted by atomic mass is 16.3. The van der Waals surface area contributed by atoms with Crippen LogP contribution < -0.4 is 10.7 Å². The molecule has 0 saturated carbocycles. The van der Waals surface area contributed by atoms with Crippen LogP contribution in [0, 0.1) is 0 Å². The molecule has 0 heterocycles. The fraction of sp³-hybridized carbons (Fsp3) is 0.609. The predicted octanol–water partition coefficient (Wildman–Crippen LogP) is 4.66. The number of carbonyl (C=O) groups excluding carboxylic acids is 2. The van der Waals surface area contributed by atoms with Crippen molar-refractivity contribution in [3.05, 3.63) is 29.8 Å². The fourth-order valence-electron chi connectivity index (χ4n) is 3.00. The molecule has 0 atom stereocenters. The Morgan fingerprint density at radius 2 is 1.41 bits per heavy atom. The van der Waals surface area contributed by atoms with Gasteiger partial charge < -0.3 is 10.4 Å². The third-order valence-electron chi connectivity index (χ3n) is 4.75. The van der Waals surface area contributed by atoms with Gasteiger partial charge in [-0.2, -0.15) is 5.10 Å². The predicted molar refractivity (Wildman–Crippen MR) is 118 cm³/mol. The Morgan fingerprint density at radius 3 is 2.00 bits per heavy atom. The molecule has 0 unspecified atom stereocenters. The molecule has 0 saturated heterocycles. The lowest BCUT2D eigenvalue weighted by Gasteiger charge is -2.05. The van der Waals surface area contributed by atoms with Crippen LogP contribution in [0.4, 0.5) is 0 Å². The first-order valence-electron chi connectivity index (χ1n) is 11.0. The number of benzene rings is 1. The van der Waals surface area contributed by atoms with Crippen LogP contribution in [0.15, 0.2) is 29.4 Å². The van der Waals surface area contributed by atoms with Crippen molar-refractivity contribution >= 4 is 18.0 Å². The summed E-state index contributed by atoms with van der Waals surface area (Å²) in [5.41, 5.74) is 3.12. The second-order valence-electron chi connectivity index (χ2n) is 7.45. The van der Waals surface area contributed by atoms with E-state index >= 15 is 0 Å². The molecule has 6 heteroatoms. The summed E-state index contributed by atoms with van der Waals surface area (Å²) in [6.45, 7) is 2.16. The monoisotopic (exact) mass is 403 g/mol. The zero-order chi connectivity index (χ0) is 21.2. The smallest absolute Gasteiger partial charge is 0.259 e. The number of phenolic OH excluding ortho intramolecular Hbond substituents is 1. The zero-order valence-corrected chi connectivity index (χ0v) is 17.8. The van der Waals surface area contributed by atoms with Crippen LogP contribution in [0.5, 0.6) is 5.75 Å². The molecule has 162 valence electrons. The maximum absolute atomic E-state index is 11.8. The van der Waals surface area contributed by atoms with E-state index in [-0.39, 0.29) is 24.1 Å². The number of hydrogen-bond acceptors (Lipinski definition) is 4. The molecule has 0 aliphatic heterocycles. The Morgan fingerprint density at radius 1 is 0.862 bits per heavy atom. The number of nitrogens with zero attached hydrogens (tertiary/aromatic N) is 1. The quantitative estimate of drug-likeness (QED) is 0.213. The molecule has 6 nitrogen and oxygen atoms in total. The van der Waals surface area contributed by atoms with Crippen molar-refractivity contribution in [2.45, 2.75) is 84.0 Å². The molecule has 0 bridgehead atoms. The summed E-state index contributed by atoms with van der Waals surface area (Å²) in [4.78, 5) is 23.5. The molecule has 0 aliphatic carbocycles. The highest BCUT2D eigenvalue weighted by molar-refractivity contribution is 5.86. The van der Waals surface area contributed by atoms with E-state index in [2.05, 4.69) is 22.8 Å². The first-order chi connectivity index (χ1) is 14.1. The van der Waals surface area contributed by atoms with Crippen LogP contribution in [0.3, 0.4) is 0 Å². The maximum Gasteiger partial charge on any atom is 0.259 e. The summed E-state index contributed by atoms with van der Waals surface area (Å²) < 4.78 is 0. The number of amides is 2. The highest BCUT2D eigenvalue weighted by Gasteiger charge is 2.04. The molecular formula is C23H37N3O3. The van der Waals surface area contributed by atoms with Gasteiger partial charge in [0.2, 0.25) is 5.91 Å². The van der Waals surface area contributed by atoms with Crippen LogP contribution in [0.25, 0.3) is 0 Å². The minimum atomic E-state index is -0.368. The van der Waals surface area contributed by atoms with E-state index in [9.17, 15) is 14.7 Å². The van der Waals surface area contributed by atoms with Crippen molar-refractivity contribution in [1.29, 1.82) is 0 Å². The Balaban J connectivity index is 1.95. The van der Waals surface area contributed by atoms with Crippen LogP contribution in [-0.4, -0.2) is 29.7 Å². The summed E-state index contributed by atoms with van der Waals surface area (Å²) in [5.74, 6) is -0.294. The van der Waals surface area contributed by atoms with Crippen molar-refractivity contribution < 1.29 is 14.7 Å². The molecule has 0 spiro atoms. The van der Waals surface area contributed by atoms with Gasteiger partial charge >= 0.3 is 0 Å². The van der Waals surface area contributed by atoms with E-state index in [0.717, 1.165) is 18.4 Å². The molecule has 1 aromatic rings. The van der Waals surface area contributed by atoms with Crippen molar-refractivity contribution in [2.24, 2.45) is 5.10 Å². The van der Waals surface area contributed by atoms with Crippen LogP contribution in [-0.2, 0) is 9.59 Å². The molecule has 2 amide bonds. The summed E-state index contributed by atoms with van der Waals surface area (Å²) in [7, 11) is 0. The van der Waals surface area contributed by atoms with E-state index in [1.165, 1.54) is 76.1 Å². The molecular weight excluding hydrogens is 366 g/mol. The maximum atomic E-state index is 11.8. The van der Waals surface area contributed by atoms with E-state index < -0.39 is 0 Å². The molecule has 0 aliphatic rings. The van der Waals surface area contributed by atoms with Crippen LogP contribution >= 0.6 is 0 Å². The van der Waals surface area contributed by atoms with Crippen molar-refractivity contribution in [1.82, 2.24) is 10.7 Å². The van der Waals surface area contributed by atoms with Crippen molar-refractivity contribution in [3.8, 4) is 5.75 Å². The van der Waals surface area contributed by atoms with Gasteiger partial charge in [0.05, 0.1) is 12.8 Å². The SMILES string of the molecule is CCCCCCCCCCCCCC(=O)NCC(=O)N/N=C\c1ccc(O)cc1. The minimum absolute atomic E-state index is 0.0796. The second kappa shape index (κ2) is 16.6. The van der Waals surface area contributed by atoms with Gasteiger partial charge in [0.15, 0.2) is 0 Å². The fourth-order valence-corrected chi connectivity index (χ4v) is 3.00. The Bertz CT molecular complexity index is 600. The Labute approximate surface area is 175 Å². The van der Waals surface area contributed by atoms with Crippen LogP contribution in [0.2, 0.25) is 0 Å². The van der Waals surface area contributed by atoms with Gasteiger partial charge in [-0.1, -0.05) is 71.1 Å². The molecule has 0 radical (unpaired) electrons. The first kappa shape index (κ1) is 24.7. The third-order valence-corrected chi connectivity index (χ3v) is 4.75. The van der Waals surface area contributed by atoms with E-state index in [0.29, 0.717) is 6.42 Å².